The number of benzene rings is 1. The number of hydrogen-bond donors (Lipinski definition) is 1. The largest absolute Gasteiger partial charge is 0.481 e. The number of nitro groups is 1. The quantitative estimate of drug-likeness (QED) is 0.625. The van der Waals surface area contributed by atoms with Gasteiger partial charge < -0.3 is 5.11 Å². The minimum absolute atomic E-state index is 0.184. The second-order valence-electron chi connectivity index (χ2n) is 3.22. The maximum Gasteiger partial charge on any atom is 0.316 e. The number of aliphatic carboxylic acids is 1. The van der Waals surface area contributed by atoms with E-state index in [0.717, 1.165) is 6.07 Å². The van der Waals surface area contributed by atoms with E-state index in [9.17, 15) is 23.3 Å². The molecule has 0 fully saturated rings. The summed E-state index contributed by atoms with van der Waals surface area (Å²) in [5.41, 5.74) is -0.484. The molecule has 98 valence electrons. The predicted molar refractivity (Wildman–Crippen MR) is 64.3 cm³/mol. The molecule has 0 saturated carbocycles. The number of carbonyl (C=O) groups is 1. The van der Waals surface area contributed by atoms with E-state index >= 15 is 0 Å². The lowest BCUT2D eigenvalue weighted by atomic mass is 10.3. The van der Waals surface area contributed by atoms with Crippen molar-refractivity contribution in [1.29, 1.82) is 0 Å². The van der Waals surface area contributed by atoms with Crippen LogP contribution in [0.4, 0.5) is 5.69 Å². The first kappa shape index (κ1) is 14.5. The van der Waals surface area contributed by atoms with Gasteiger partial charge in [0.05, 0.1) is 26.5 Å². The number of carboxylic acids is 1. The molecule has 0 saturated heterocycles. The van der Waals surface area contributed by atoms with Crippen LogP contribution in [0.3, 0.4) is 0 Å². The summed E-state index contributed by atoms with van der Waals surface area (Å²) in [7, 11) is -3.42. The Labute approximate surface area is 107 Å². The molecule has 0 aliphatic rings. The summed E-state index contributed by atoms with van der Waals surface area (Å²) >= 11 is 0. The second-order valence-corrected chi connectivity index (χ2v) is 6.02. The maximum absolute atomic E-state index is 11.6. The molecule has 0 amide bonds. The van der Waals surface area contributed by atoms with Crippen LogP contribution in [-0.4, -0.2) is 36.4 Å². The highest BCUT2D eigenvalue weighted by Crippen LogP contribution is 2.25. The first-order chi connectivity index (χ1) is 8.32. The first-order valence-corrected chi connectivity index (χ1v) is 7.42. The summed E-state index contributed by atoms with van der Waals surface area (Å²) in [4.78, 5) is 20.5. The zero-order chi connectivity index (χ0) is 13.9. The average Bonchev–Trinajstić information content (AvgIpc) is 2.26. The monoisotopic (exact) mass is 291 g/mol. The van der Waals surface area contributed by atoms with Crippen molar-refractivity contribution in [2.24, 2.45) is 0 Å². The van der Waals surface area contributed by atoms with E-state index in [4.69, 9.17) is 5.11 Å². The second kappa shape index (κ2) is 5.83. The van der Waals surface area contributed by atoms with Gasteiger partial charge >= 0.3 is 5.97 Å². The van der Waals surface area contributed by atoms with E-state index in [2.05, 4.69) is 0 Å². The van der Waals surface area contributed by atoms with Crippen LogP contribution in [0.15, 0.2) is 28.0 Å². The Balaban J connectivity index is 3.27. The van der Waals surface area contributed by atoms with Crippen molar-refractivity contribution in [3.63, 3.8) is 0 Å². The van der Waals surface area contributed by atoms with Gasteiger partial charge in [-0.1, -0.05) is 0 Å². The van der Waals surface area contributed by atoms with Crippen LogP contribution in [-0.2, 0) is 26.4 Å². The van der Waals surface area contributed by atoms with Crippen LogP contribution in [0.5, 0.6) is 0 Å². The molecule has 0 aliphatic carbocycles. The Hall–Kier alpha value is -1.61. The van der Waals surface area contributed by atoms with Crippen molar-refractivity contribution >= 4 is 33.3 Å². The van der Waals surface area contributed by atoms with E-state index in [-0.39, 0.29) is 9.79 Å². The molecule has 2 atom stereocenters. The number of nitrogens with zero attached hydrogens (tertiary/aromatic N) is 1. The minimum Gasteiger partial charge on any atom is -0.481 e. The lowest BCUT2D eigenvalue weighted by Crippen LogP contribution is -2.11. The number of nitro benzene ring substituents is 1. The highest BCUT2D eigenvalue weighted by Gasteiger charge is 2.22. The van der Waals surface area contributed by atoms with Gasteiger partial charge in [-0.05, 0) is 12.1 Å². The molecule has 1 aromatic rings. The fourth-order valence-corrected chi connectivity index (χ4v) is 2.70. The van der Waals surface area contributed by atoms with Gasteiger partial charge in [0.25, 0.3) is 5.69 Å². The summed E-state index contributed by atoms with van der Waals surface area (Å²) in [6, 6.07) is 3.55. The molecular formula is C9H9NO6S2. The minimum atomic E-state index is -2.01. The highest BCUT2D eigenvalue weighted by molar-refractivity contribution is 7.86. The first-order valence-electron chi connectivity index (χ1n) is 4.55. The number of rotatable bonds is 5. The molecule has 1 aromatic carbocycles. The van der Waals surface area contributed by atoms with E-state index in [1.807, 2.05) is 0 Å². The van der Waals surface area contributed by atoms with E-state index in [0.29, 0.717) is 0 Å². The number of hydrogen-bond acceptors (Lipinski definition) is 5. The summed E-state index contributed by atoms with van der Waals surface area (Å²) in [6.07, 6.45) is 1.35. The van der Waals surface area contributed by atoms with Crippen LogP contribution in [0.25, 0.3) is 0 Å². The Bertz CT molecular complexity index is 556. The Morgan fingerprint density at radius 2 is 2.06 bits per heavy atom. The van der Waals surface area contributed by atoms with Gasteiger partial charge in [-0.15, -0.1) is 0 Å². The normalized spacial score (nSPS) is 13.8. The maximum atomic E-state index is 11.6. The molecule has 0 radical (unpaired) electrons. The lowest BCUT2D eigenvalue weighted by Gasteiger charge is -2.03. The van der Waals surface area contributed by atoms with Crippen molar-refractivity contribution in [3.05, 3.63) is 28.3 Å². The number of carboxylic acid groups (broad SMARTS) is 1. The molecule has 1 rings (SSSR count). The third kappa shape index (κ3) is 3.44. The molecule has 7 nitrogen and oxygen atoms in total. The van der Waals surface area contributed by atoms with Crippen LogP contribution in [0.2, 0.25) is 0 Å². The Morgan fingerprint density at radius 1 is 1.44 bits per heavy atom. The van der Waals surface area contributed by atoms with Crippen LogP contribution in [0, 0.1) is 10.1 Å². The Morgan fingerprint density at radius 3 is 2.50 bits per heavy atom. The molecule has 0 bridgehead atoms. The molecule has 0 unspecified atom stereocenters. The zero-order valence-electron chi connectivity index (χ0n) is 9.19. The molecular weight excluding hydrogens is 282 g/mol. The third-order valence-electron chi connectivity index (χ3n) is 1.96. The van der Waals surface area contributed by atoms with Gasteiger partial charge in [0, 0.05) is 17.2 Å². The average molecular weight is 291 g/mol. The summed E-state index contributed by atoms with van der Waals surface area (Å²) in [5.74, 6) is -2.03. The van der Waals surface area contributed by atoms with E-state index in [1.54, 1.807) is 0 Å². The summed E-state index contributed by atoms with van der Waals surface area (Å²) in [6.45, 7) is 0. The predicted octanol–water partition coefficient (Wildman–Crippen LogP) is 0.524. The van der Waals surface area contributed by atoms with Crippen LogP contribution >= 0.6 is 0 Å². The highest BCUT2D eigenvalue weighted by atomic mass is 32.2. The van der Waals surface area contributed by atoms with Gasteiger partial charge in [0.2, 0.25) is 0 Å². The molecule has 18 heavy (non-hydrogen) atoms. The van der Waals surface area contributed by atoms with Gasteiger partial charge in [0.1, 0.15) is 10.6 Å². The van der Waals surface area contributed by atoms with Crippen molar-refractivity contribution in [3.8, 4) is 0 Å². The Kier molecular flexibility index (Phi) is 4.68. The van der Waals surface area contributed by atoms with Crippen LogP contribution < -0.4 is 0 Å². The SMILES string of the molecule is C[S@@](=O)c1ccc([S@](=O)CC(=O)O)c([N+](=O)[O-])c1. The molecule has 1 N–H and O–H groups in total. The van der Waals surface area contributed by atoms with E-state index < -0.39 is 43.9 Å². The topological polar surface area (TPSA) is 115 Å². The zero-order valence-corrected chi connectivity index (χ0v) is 10.8. The van der Waals surface area contributed by atoms with Crippen molar-refractivity contribution < 1.29 is 23.2 Å². The van der Waals surface area contributed by atoms with Crippen LogP contribution in [0.1, 0.15) is 0 Å². The third-order valence-corrected chi connectivity index (χ3v) is 4.22. The fourth-order valence-electron chi connectivity index (χ4n) is 1.20. The molecule has 0 aliphatic heterocycles. The smallest absolute Gasteiger partial charge is 0.316 e. The molecule has 9 heteroatoms. The summed E-state index contributed by atoms with van der Waals surface area (Å²) in [5, 5.41) is 19.3. The van der Waals surface area contributed by atoms with Crippen molar-refractivity contribution in [2.75, 3.05) is 12.0 Å². The lowest BCUT2D eigenvalue weighted by molar-refractivity contribution is -0.388. The molecule has 0 spiro atoms. The van der Waals surface area contributed by atoms with Crippen molar-refractivity contribution in [1.82, 2.24) is 0 Å². The van der Waals surface area contributed by atoms with Gasteiger partial charge in [-0.3, -0.25) is 23.3 Å². The van der Waals surface area contributed by atoms with Gasteiger partial charge in [-0.25, -0.2) is 0 Å². The van der Waals surface area contributed by atoms with E-state index in [1.165, 1.54) is 18.4 Å². The standard InChI is InChI=1S/C9H9NO6S2/c1-17(15)6-2-3-8(7(4-6)10(13)14)18(16)5-9(11)12/h2-4H,5H2,1H3,(H,11,12)/t17-,18-/m1/s1. The summed E-state index contributed by atoms with van der Waals surface area (Å²) < 4.78 is 22.8. The fraction of sp³-hybridized carbons (Fsp3) is 0.222. The van der Waals surface area contributed by atoms with Crippen molar-refractivity contribution in [2.45, 2.75) is 9.79 Å². The molecule has 0 heterocycles. The molecule has 0 aromatic heterocycles. The van der Waals surface area contributed by atoms with Gasteiger partial charge in [0.15, 0.2) is 0 Å². The van der Waals surface area contributed by atoms with Gasteiger partial charge in [-0.2, -0.15) is 0 Å².